The van der Waals surface area contributed by atoms with Gasteiger partial charge in [-0.25, -0.2) is 4.98 Å². The zero-order valence-electron chi connectivity index (χ0n) is 13.6. The summed E-state index contributed by atoms with van der Waals surface area (Å²) in [7, 11) is 0. The minimum atomic E-state index is -0.192. The van der Waals surface area contributed by atoms with Crippen molar-refractivity contribution in [3.8, 4) is 0 Å². The molecule has 24 heavy (non-hydrogen) atoms. The van der Waals surface area contributed by atoms with Gasteiger partial charge in [-0.05, 0) is 25.5 Å². The molecule has 2 heterocycles. The number of aromatic nitrogens is 2. The Morgan fingerprint density at radius 2 is 2.25 bits per heavy atom. The van der Waals surface area contributed by atoms with Gasteiger partial charge >= 0.3 is 0 Å². The van der Waals surface area contributed by atoms with E-state index in [-0.39, 0.29) is 11.2 Å². The maximum absolute atomic E-state index is 12.6. The molecule has 3 aromatic rings. The van der Waals surface area contributed by atoms with Crippen LogP contribution in [0.3, 0.4) is 0 Å². The lowest BCUT2D eigenvalue weighted by molar-refractivity contribution is -0.115. The van der Waals surface area contributed by atoms with Gasteiger partial charge in [0.1, 0.15) is 5.76 Å². The molecule has 0 aliphatic heterocycles. The number of anilines is 1. The normalized spacial score (nSPS) is 12.4. The van der Waals surface area contributed by atoms with E-state index in [9.17, 15) is 4.79 Å². The summed E-state index contributed by atoms with van der Waals surface area (Å²) < 4.78 is 7.06. The predicted octanol–water partition coefficient (Wildman–Crippen LogP) is 4.88. The van der Waals surface area contributed by atoms with Crippen LogP contribution in [0.1, 0.15) is 31.9 Å². The van der Waals surface area contributed by atoms with Gasteiger partial charge in [0.2, 0.25) is 5.91 Å². The number of hydrogen-bond acceptors (Lipinski definition) is 6. The fraction of sp³-hybridized carbons (Fsp3) is 0.353. The molecule has 3 rings (SSSR count). The summed E-state index contributed by atoms with van der Waals surface area (Å²) >= 11 is 3.15. The average molecular weight is 361 g/mol. The van der Waals surface area contributed by atoms with Crippen LogP contribution in [-0.4, -0.2) is 21.3 Å². The molecule has 0 saturated heterocycles. The number of amides is 1. The first-order chi connectivity index (χ1) is 11.7. The number of carbonyl (C=O) groups is 1. The summed E-state index contributed by atoms with van der Waals surface area (Å²) in [5.74, 6) is 1.08. The summed E-state index contributed by atoms with van der Waals surface area (Å²) in [6, 6.07) is 9.75. The van der Waals surface area contributed by atoms with Crippen LogP contribution < -0.4 is 5.32 Å². The number of para-hydroxylation sites is 1. The molecular weight excluding hydrogens is 342 g/mol. The monoisotopic (exact) mass is 361 g/mol. The van der Waals surface area contributed by atoms with Crippen molar-refractivity contribution in [3.05, 3.63) is 36.1 Å². The van der Waals surface area contributed by atoms with Crippen LogP contribution in [0.25, 0.3) is 10.2 Å². The molecule has 0 bridgehead atoms. The molecule has 5 nitrogen and oxygen atoms in total. The summed E-state index contributed by atoms with van der Waals surface area (Å²) in [6.07, 6.45) is 2.85. The maximum atomic E-state index is 12.6. The van der Waals surface area contributed by atoms with Gasteiger partial charge in [0.25, 0.3) is 0 Å². The Labute approximate surface area is 148 Å². The number of nitrogens with one attached hydrogen (secondary N) is 1. The zero-order chi connectivity index (χ0) is 16.9. The second-order valence-electron chi connectivity index (χ2n) is 5.51. The molecule has 7 heteroatoms. The molecule has 1 aromatic carbocycles. The SMILES string of the molecule is CCCCC(Sc1nc2ccccc2s1)C(=O)Nc1cc(C)on1. The number of unbranched alkanes of at least 4 members (excludes halogenated alkanes) is 1. The molecule has 1 N–H and O–H groups in total. The highest BCUT2D eigenvalue weighted by Crippen LogP contribution is 2.34. The third-order valence-corrected chi connectivity index (χ3v) is 5.91. The van der Waals surface area contributed by atoms with E-state index < -0.39 is 0 Å². The van der Waals surface area contributed by atoms with Crippen molar-refractivity contribution in [3.63, 3.8) is 0 Å². The summed E-state index contributed by atoms with van der Waals surface area (Å²) in [4.78, 5) is 17.2. The van der Waals surface area contributed by atoms with E-state index in [2.05, 4.69) is 28.4 Å². The Bertz CT molecular complexity index is 795. The van der Waals surface area contributed by atoms with Crippen LogP contribution in [-0.2, 0) is 4.79 Å². The number of rotatable bonds is 7. The third-order valence-electron chi connectivity index (χ3n) is 3.51. The second kappa shape index (κ2) is 7.81. The molecule has 126 valence electrons. The van der Waals surface area contributed by atoms with Crippen molar-refractivity contribution >= 4 is 45.0 Å². The number of thioether (sulfide) groups is 1. The quantitative estimate of drug-likeness (QED) is 0.607. The molecule has 0 spiro atoms. The summed E-state index contributed by atoms with van der Waals surface area (Å²) in [6.45, 7) is 3.92. The predicted molar refractivity (Wildman–Crippen MR) is 98.7 cm³/mol. The molecule has 0 aliphatic rings. The van der Waals surface area contributed by atoms with Crippen molar-refractivity contribution in [2.24, 2.45) is 0 Å². The molecule has 0 saturated carbocycles. The van der Waals surface area contributed by atoms with Gasteiger partial charge in [-0.15, -0.1) is 11.3 Å². The second-order valence-corrected chi connectivity index (χ2v) is 7.99. The third kappa shape index (κ3) is 4.15. The highest BCUT2D eigenvalue weighted by Gasteiger charge is 2.22. The highest BCUT2D eigenvalue weighted by atomic mass is 32.2. The Hall–Kier alpha value is -1.86. The van der Waals surface area contributed by atoms with Crippen LogP contribution in [0, 0.1) is 6.92 Å². The summed E-state index contributed by atoms with van der Waals surface area (Å²) in [5, 5.41) is 6.48. The van der Waals surface area contributed by atoms with Crippen molar-refractivity contribution in [1.29, 1.82) is 0 Å². The maximum Gasteiger partial charge on any atom is 0.239 e. The highest BCUT2D eigenvalue weighted by molar-refractivity contribution is 8.02. The van der Waals surface area contributed by atoms with Gasteiger partial charge < -0.3 is 9.84 Å². The minimum absolute atomic E-state index is 0.0546. The first-order valence-electron chi connectivity index (χ1n) is 7.92. The van der Waals surface area contributed by atoms with E-state index in [0.29, 0.717) is 11.6 Å². The van der Waals surface area contributed by atoms with E-state index in [4.69, 9.17) is 4.52 Å². The van der Waals surface area contributed by atoms with Crippen LogP contribution >= 0.6 is 23.1 Å². The van der Waals surface area contributed by atoms with Gasteiger partial charge in [0, 0.05) is 6.07 Å². The number of fused-ring (bicyclic) bond motifs is 1. The van der Waals surface area contributed by atoms with Gasteiger partial charge in [0.05, 0.1) is 15.5 Å². The van der Waals surface area contributed by atoms with E-state index in [1.54, 1.807) is 24.3 Å². The number of thiazole rings is 1. The van der Waals surface area contributed by atoms with E-state index >= 15 is 0 Å². The lowest BCUT2D eigenvalue weighted by atomic mass is 10.2. The molecule has 1 unspecified atom stereocenters. The van der Waals surface area contributed by atoms with Gasteiger partial charge in [0.15, 0.2) is 10.2 Å². The van der Waals surface area contributed by atoms with Crippen LogP contribution in [0.5, 0.6) is 0 Å². The number of aryl methyl sites for hydroxylation is 1. The van der Waals surface area contributed by atoms with E-state index in [1.165, 1.54) is 11.8 Å². The van der Waals surface area contributed by atoms with Gasteiger partial charge in [-0.2, -0.15) is 0 Å². The van der Waals surface area contributed by atoms with Gasteiger partial charge in [-0.3, -0.25) is 4.79 Å². The van der Waals surface area contributed by atoms with Crippen LogP contribution in [0.4, 0.5) is 5.82 Å². The number of nitrogens with zero attached hydrogens (tertiary/aromatic N) is 2. The van der Waals surface area contributed by atoms with Gasteiger partial charge in [-0.1, -0.05) is 48.8 Å². The minimum Gasteiger partial charge on any atom is -0.360 e. The number of hydrogen-bond donors (Lipinski definition) is 1. The molecule has 0 radical (unpaired) electrons. The Morgan fingerprint density at radius 1 is 1.42 bits per heavy atom. The molecule has 1 atom stereocenters. The smallest absolute Gasteiger partial charge is 0.239 e. The number of carbonyl (C=O) groups excluding carboxylic acids is 1. The molecule has 1 amide bonds. The molecule has 2 aromatic heterocycles. The first-order valence-corrected chi connectivity index (χ1v) is 9.61. The summed E-state index contributed by atoms with van der Waals surface area (Å²) in [5.41, 5.74) is 0.978. The average Bonchev–Trinajstić information content (AvgIpc) is 3.16. The van der Waals surface area contributed by atoms with E-state index in [1.807, 2.05) is 18.2 Å². The Balaban J connectivity index is 1.73. The lowest BCUT2D eigenvalue weighted by Crippen LogP contribution is -2.25. The first kappa shape index (κ1) is 17.0. The number of benzene rings is 1. The standard InChI is InChI=1S/C17H19N3O2S2/c1-3-4-8-14(16(21)19-15-10-11(2)22-20-15)24-17-18-12-7-5-6-9-13(12)23-17/h5-7,9-10,14H,3-4,8H2,1-2H3,(H,19,20,21). The largest absolute Gasteiger partial charge is 0.360 e. The van der Waals surface area contributed by atoms with Crippen molar-refractivity contribution in [1.82, 2.24) is 10.1 Å². The van der Waals surface area contributed by atoms with Crippen LogP contribution in [0.15, 0.2) is 39.2 Å². The lowest BCUT2D eigenvalue weighted by Gasteiger charge is -2.13. The van der Waals surface area contributed by atoms with Crippen molar-refractivity contribution in [2.75, 3.05) is 5.32 Å². The fourth-order valence-electron chi connectivity index (χ4n) is 2.29. The van der Waals surface area contributed by atoms with Crippen molar-refractivity contribution in [2.45, 2.75) is 42.7 Å². The molecular formula is C17H19N3O2S2. The zero-order valence-corrected chi connectivity index (χ0v) is 15.2. The molecule has 0 aliphatic carbocycles. The Morgan fingerprint density at radius 3 is 2.96 bits per heavy atom. The topological polar surface area (TPSA) is 68.0 Å². The fourth-order valence-corrected chi connectivity index (χ4v) is 4.64. The van der Waals surface area contributed by atoms with Crippen LogP contribution in [0.2, 0.25) is 0 Å². The Kier molecular flexibility index (Phi) is 5.52. The molecule has 0 fully saturated rings. The van der Waals surface area contributed by atoms with Crippen molar-refractivity contribution < 1.29 is 9.32 Å². The van der Waals surface area contributed by atoms with E-state index in [0.717, 1.165) is 33.8 Å².